The number of likely N-dealkylation sites (N-methyl/N-ethyl adjacent to an activating group) is 1. The standard InChI is InChI=1S/C8H13N3O2/c1-6-10-3-4-11(6)5-7(9-2)8(12)13/h3-4,7,9H,5H2,1-2H3,(H,12,13). The molecule has 0 spiro atoms. The van der Waals surface area contributed by atoms with Crippen molar-refractivity contribution in [3.05, 3.63) is 18.2 Å². The minimum absolute atomic E-state index is 0.400. The van der Waals surface area contributed by atoms with Crippen LogP contribution in [0.5, 0.6) is 0 Å². The minimum Gasteiger partial charge on any atom is -0.480 e. The molecule has 5 heteroatoms. The van der Waals surface area contributed by atoms with Gasteiger partial charge in [0.25, 0.3) is 0 Å². The van der Waals surface area contributed by atoms with Gasteiger partial charge >= 0.3 is 5.97 Å². The number of aromatic nitrogens is 2. The van der Waals surface area contributed by atoms with Gasteiger partial charge in [-0.2, -0.15) is 0 Å². The van der Waals surface area contributed by atoms with Gasteiger partial charge in [0.1, 0.15) is 11.9 Å². The number of carboxylic acid groups (broad SMARTS) is 1. The molecule has 0 radical (unpaired) electrons. The summed E-state index contributed by atoms with van der Waals surface area (Å²) in [5.74, 6) is -0.0305. The Kier molecular flexibility index (Phi) is 3.02. The summed E-state index contributed by atoms with van der Waals surface area (Å²) in [6.45, 7) is 2.24. The maximum Gasteiger partial charge on any atom is 0.322 e. The van der Waals surface area contributed by atoms with Crippen molar-refractivity contribution < 1.29 is 9.90 Å². The summed E-state index contributed by atoms with van der Waals surface area (Å²) in [4.78, 5) is 14.7. The van der Waals surface area contributed by atoms with Crippen LogP contribution in [0.3, 0.4) is 0 Å². The molecule has 0 saturated heterocycles. The fraction of sp³-hybridized carbons (Fsp3) is 0.500. The van der Waals surface area contributed by atoms with Gasteiger partial charge in [-0.25, -0.2) is 4.98 Å². The van der Waals surface area contributed by atoms with Crippen LogP contribution in [0.4, 0.5) is 0 Å². The normalized spacial score (nSPS) is 12.8. The third-order valence-electron chi connectivity index (χ3n) is 1.95. The van der Waals surface area contributed by atoms with Gasteiger partial charge < -0.3 is 15.0 Å². The van der Waals surface area contributed by atoms with E-state index < -0.39 is 12.0 Å². The van der Waals surface area contributed by atoms with E-state index in [4.69, 9.17) is 5.11 Å². The molecular weight excluding hydrogens is 170 g/mol. The van der Waals surface area contributed by atoms with Crippen molar-refractivity contribution >= 4 is 5.97 Å². The Morgan fingerprint density at radius 3 is 2.92 bits per heavy atom. The molecule has 1 aromatic rings. The van der Waals surface area contributed by atoms with Crippen molar-refractivity contribution in [2.45, 2.75) is 19.5 Å². The Bertz CT molecular complexity index is 295. The zero-order valence-corrected chi connectivity index (χ0v) is 7.69. The lowest BCUT2D eigenvalue weighted by Crippen LogP contribution is -2.37. The fourth-order valence-electron chi connectivity index (χ4n) is 1.09. The molecule has 0 saturated carbocycles. The fourth-order valence-corrected chi connectivity index (χ4v) is 1.09. The molecule has 1 unspecified atom stereocenters. The van der Waals surface area contributed by atoms with Crippen LogP contribution in [-0.4, -0.2) is 33.7 Å². The Morgan fingerprint density at radius 2 is 2.54 bits per heavy atom. The Labute approximate surface area is 76.4 Å². The maximum absolute atomic E-state index is 10.7. The number of aryl methyl sites for hydroxylation is 1. The lowest BCUT2D eigenvalue weighted by atomic mass is 10.3. The van der Waals surface area contributed by atoms with Gasteiger partial charge in [0.2, 0.25) is 0 Å². The predicted molar refractivity (Wildman–Crippen MR) is 47.4 cm³/mol. The van der Waals surface area contributed by atoms with Gasteiger partial charge in [0.15, 0.2) is 0 Å². The van der Waals surface area contributed by atoms with Crippen LogP contribution in [-0.2, 0) is 11.3 Å². The molecule has 0 aromatic carbocycles. The van der Waals surface area contributed by atoms with E-state index in [0.717, 1.165) is 5.82 Å². The predicted octanol–water partition coefficient (Wildman–Crippen LogP) is -0.136. The van der Waals surface area contributed by atoms with Crippen molar-refractivity contribution in [3.8, 4) is 0 Å². The summed E-state index contributed by atoms with van der Waals surface area (Å²) in [5, 5.41) is 11.5. The number of hydrogen-bond donors (Lipinski definition) is 2. The largest absolute Gasteiger partial charge is 0.480 e. The molecule has 0 fully saturated rings. The number of nitrogens with one attached hydrogen (secondary N) is 1. The number of nitrogens with zero attached hydrogens (tertiary/aromatic N) is 2. The average molecular weight is 183 g/mol. The molecule has 0 amide bonds. The molecule has 2 N–H and O–H groups in total. The third kappa shape index (κ3) is 2.29. The molecule has 0 bridgehead atoms. The topological polar surface area (TPSA) is 67.2 Å². The third-order valence-corrected chi connectivity index (χ3v) is 1.95. The quantitative estimate of drug-likeness (QED) is 0.682. The SMILES string of the molecule is CNC(Cn1ccnc1C)C(=O)O. The molecule has 0 aliphatic carbocycles. The van der Waals surface area contributed by atoms with Gasteiger partial charge in [0, 0.05) is 18.9 Å². The lowest BCUT2D eigenvalue weighted by molar-refractivity contribution is -0.139. The van der Waals surface area contributed by atoms with Crippen LogP contribution in [0, 0.1) is 6.92 Å². The van der Waals surface area contributed by atoms with Crippen LogP contribution in [0.25, 0.3) is 0 Å². The van der Waals surface area contributed by atoms with Crippen molar-refractivity contribution in [3.63, 3.8) is 0 Å². The zero-order chi connectivity index (χ0) is 9.84. The summed E-state index contributed by atoms with van der Waals surface area (Å²) < 4.78 is 1.80. The van der Waals surface area contributed by atoms with Gasteiger partial charge in [0.05, 0.1) is 0 Å². The second-order valence-electron chi connectivity index (χ2n) is 2.81. The van der Waals surface area contributed by atoms with Crippen molar-refractivity contribution in [1.82, 2.24) is 14.9 Å². The smallest absolute Gasteiger partial charge is 0.322 e. The molecular formula is C8H13N3O2. The molecule has 0 aliphatic heterocycles. The highest BCUT2D eigenvalue weighted by atomic mass is 16.4. The van der Waals surface area contributed by atoms with E-state index in [1.54, 1.807) is 24.0 Å². The lowest BCUT2D eigenvalue weighted by Gasteiger charge is -2.12. The highest BCUT2D eigenvalue weighted by Gasteiger charge is 2.15. The number of imidazole rings is 1. The first-order chi connectivity index (χ1) is 6.15. The Morgan fingerprint density at radius 1 is 1.85 bits per heavy atom. The number of rotatable bonds is 4. The van der Waals surface area contributed by atoms with Crippen LogP contribution >= 0.6 is 0 Å². The number of aliphatic carboxylic acids is 1. The van der Waals surface area contributed by atoms with Crippen molar-refractivity contribution in [2.75, 3.05) is 7.05 Å². The van der Waals surface area contributed by atoms with Crippen LogP contribution in [0.2, 0.25) is 0 Å². The summed E-state index contributed by atoms with van der Waals surface area (Å²) in [5.41, 5.74) is 0. The Balaban J connectivity index is 2.67. The summed E-state index contributed by atoms with van der Waals surface area (Å²) in [6.07, 6.45) is 3.42. The average Bonchev–Trinajstić information content (AvgIpc) is 2.46. The molecule has 13 heavy (non-hydrogen) atoms. The van der Waals surface area contributed by atoms with Crippen LogP contribution in [0.1, 0.15) is 5.82 Å². The highest BCUT2D eigenvalue weighted by molar-refractivity contribution is 5.73. The van der Waals surface area contributed by atoms with E-state index in [2.05, 4.69) is 10.3 Å². The maximum atomic E-state index is 10.7. The van der Waals surface area contributed by atoms with E-state index in [-0.39, 0.29) is 0 Å². The molecule has 1 atom stereocenters. The van der Waals surface area contributed by atoms with Crippen molar-refractivity contribution in [2.24, 2.45) is 0 Å². The minimum atomic E-state index is -0.851. The second-order valence-corrected chi connectivity index (χ2v) is 2.81. The number of hydrogen-bond acceptors (Lipinski definition) is 3. The summed E-state index contributed by atoms with van der Waals surface area (Å²) in [6, 6.07) is -0.562. The first-order valence-corrected chi connectivity index (χ1v) is 4.03. The van der Waals surface area contributed by atoms with Crippen molar-refractivity contribution in [1.29, 1.82) is 0 Å². The van der Waals surface area contributed by atoms with E-state index in [1.807, 2.05) is 6.92 Å². The van der Waals surface area contributed by atoms with E-state index in [1.165, 1.54) is 0 Å². The molecule has 1 rings (SSSR count). The van der Waals surface area contributed by atoms with Gasteiger partial charge in [-0.05, 0) is 14.0 Å². The molecule has 72 valence electrons. The van der Waals surface area contributed by atoms with E-state index in [0.29, 0.717) is 6.54 Å². The monoisotopic (exact) mass is 183 g/mol. The first-order valence-electron chi connectivity index (χ1n) is 4.03. The first kappa shape index (κ1) is 9.73. The second kappa shape index (κ2) is 4.04. The highest BCUT2D eigenvalue weighted by Crippen LogP contribution is 1.97. The summed E-state index contributed by atoms with van der Waals surface area (Å²) >= 11 is 0. The van der Waals surface area contributed by atoms with E-state index in [9.17, 15) is 4.79 Å². The van der Waals surface area contributed by atoms with Crippen LogP contribution < -0.4 is 5.32 Å². The number of carbonyl (C=O) groups is 1. The molecule has 1 aromatic heterocycles. The molecule has 5 nitrogen and oxygen atoms in total. The molecule has 1 heterocycles. The number of carboxylic acids is 1. The van der Waals surface area contributed by atoms with Gasteiger partial charge in [-0.3, -0.25) is 4.79 Å². The Hall–Kier alpha value is -1.36. The summed E-state index contributed by atoms with van der Waals surface area (Å²) in [7, 11) is 1.63. The van der Waals surface area contributed by atoms with Gasteiger partial charge in [-0.1, -0.05) is 0 Å². The zero-order valence-electron chi connectivity index (χ0n) is 7.69. The molecule has 0 aliphatic rings. The van der Waals surface area contributed by atoms with E-state index >= 15 is 0 Å². The van der Waals surface area contributed by atoms with Gasteiger partial charge in [-0.15, -0.1) is 0 Å². The van der Waals surface area contributed by atoms with Crippen LogP contribution in [0.15, 0.2) is 12.4 Å².